The van der Waals surface area contributed by atoms with Crippen LogP contribution in [0.1, 0.15) is 18.3 Å². The van der Waals surface area contributed by atoms with Gasteiger partial charge in [-0.1, -0.05) is 6.07 Å². The van der Waals surface area contributed by atoms with Crippen molar-refractivity contribution in [2.45, 2.75) is 20.0 Å². The van der Waals surface area contributed by atoms with Crippen LogP contribution in [0.2, 0.25) is 0 Å². The van der Waals surface area contributed by atoms with Crippen LogP contribution in [0.15, 0.2) is 30.6 Å². The molecule has 1 aliphatic heterocycles. The molecule has 1 aromatic heterocycles. The van der Waals surface area contributed by atoms with Gasteiger partial charge in [0.05, 0.1) is 27.3 Å². The van der Waals surface area contributed by atoms with Crippen LogP contribution in [-0.2, 0) is 24.9 Å². The Morgan fingerprint density at radius 1 is 1.10 bits per heavy atom. The van der Waals surface area contributed by atoms with Gasteiger partial charge in [0, 0.05) is 58.7 Å². The standard InChI is InChI=1S/C22H33N5O3/c1-5-27(15-18-6-7-19(29-3)20(14-18)30-4)22(28)17-26-12-10-25(11-13-26)16-21-23-8-9-24(21)2/h6-9,14H,5,10-13,15-17H2,1-4H3. The molecular weight excluding hydrogens is 382 g/mol. The van der Waals surface area contributed by atoms with Crippen LogP contribution in [0, 0.1) is 0 Å². The van der Waals surface area contributed by atoms with Crippen LogP contribution in [0.3, 0.4) is 0 Å². The van der Waals surface area contributed by atoms with E-state index in [0.717, 1.165) is 44.1 Å². The van der Waals surface area contributed by atoms with E-state index in [1.807, 2.05) is 49.5 Å². The second-order valence-corrected chi connectivity index (χ2v) is 7.60. The summed E-state index contributed by atoms with van der Waals surface area (Å²) in [5, 5.41) is 0. The quantitative estimate of drug-likeness (QED) is 0.620. The third-order valence-corrected chi connectivity index (χ3v) is 5.67. The van der Waals surface area contributed by atoms with Gasteiger partial charge in [0.25, 0.3) is 0 Å². The van der Waals surface area contributed by atoms with Gasteiger partial charge in [-0.3, -0.25) is 14.6 Å². The molecule has 1 aromatic carbocycles. The number of likely N-dealkylation sites (N-methyl/N-ethyl adjacent to an activating group) is 1. The highest BCUT2D eigenvalue weighted by Crippen LogP contribution is 2.28. The summed E-state index contributed by atoms with van der Waals surface area (Å²) in [6.07, 6.45) is 3.81. The molecule has 3 rings (SSSR count). The summed E-state index contributed by atoms with van der Waals surface area (Å²) in [7, 11) is 5.27. The molecule has 8 nitrogen and oxygen atoms in total. The first kappa shape index (κ1) is 22.1. The van der Waals surface area contributed by atoms with Gasteiger partial charge in [-0.25, -0.2) is 4.98 Å². The Morgan fingerprint density at radius 2 is 1.80 bits per heavy atom. The van der Waals surface area contributed by atoms with Gasteiger partial charge in [0.1, 0.15) is 5.82 Å². The predicted molar refractivity (Wildman–Crippen MR) is 116 cm³/mol. The molecule has 0 radical (unpaired) electrons. The molecule has 1 fully saturated rings. The minimum atomic E-state index is 0.157. The summed E-state index contributed by atoms with van der Waals surface area (Å²) in [5.41, 5.74) is 1.03. The van der Waals surface area contributed by atoms with Gasteiger partial charge in [-0.2, -0.15) is 0 Å². The molecule has 0 saturated carbocycles. The van der Waals surface area contributed by atoms with Crippen molar-refractivity contribution in [3.05, 3.63) is 42.0 Å². The lowest BCUT2D eigenvalue weighted by molar-refractivity contribution is -0.133. The molecule has 0 N–H and O–H groups in total. The first-order valence-corrected chi connectivity index (χ1v) is 10.4. The van der Waals surface area contributed by atoms with Crippen LogP contribution < -0.4 is 9.47 Å². The number of rotatable bonds is 9. The van der Waals surface area contributed by atoms with Crippen molar-refractivity contribution < 1.29 is 14.3 Å². The van der Waals surface area contributed by atoms with E-state index in [-0.39, 0.29) is 5.91 Å². The molecule has 1 saturated heterocycles. The Balaban J connectivity index is 1.50. The first-order chi connectivity index (χ1) is 14.5. The Morgan fingerprint density at radius 3 is 2.40 bits per heavy atom. The molecule has 2 heterocycles. The number of aromatic nitrogens is 2. The Bertz CT molecular complexity index is 830. The number of nitrogens with zero attached hydrogens (tertiary/aromatic N) is 5. The van der Waals surface area contributed by atoms with E-state index >= 15 is 0 Å². The van der Waals surface area contributed by atoms with E-state index in [4.69, 9.17) is 9.47 Å². The van der Waals surface area contributed by atoms with E-state index in [2.05, 4.69) is 19.4 Å². The number of hydrogen-bond acceptors (Lipinski definition) is 6. The maximum absolute atomic E-state index is 12.9. The largest absolute Gasteiger partial charge is 0.493 e. The van der Waals surface area contributed by atoms with E-state index in [9.17, 15) is 4.79 Å². The van der Waals surface area contributed by atoms with Crippen LogP contribution >= 0.6 is 0 Å². The molecular formula is C22H33N5O3. The SMILES string of the molecule is CCN(Cc1ccc(OC)c(OC)c1)C(=O)CN1CCN(Cc2nccn2C)CC1. The van der Waals surface area contributed by atoms with Gasteiger partial charge in [0.2, 0.25) is 5.91 Å². The molecule has 8 heteroatoms. The fourth-order valence-electron chi connectivity index (χ4n) is 3.72. The maximum atomic E-state index is 12.9. The van der Waals surface area contributed by atoms with E-state index < -0.39 is 0 Å². The molecule has 164 valence electrons. The summed E-state index contributed by atoms with van der Waals surface area (Å²) in [5.74, 6) is 2.61. The van der Waals surface area contributed by atoms with Gasteiger partial charge >= 0.3 is 0 Å². The van der Waals surface area contributed by atoms with Crippen LogP contribution in [0.4, 0.5) is 0 Å². The molecule has 30 heavy (non-hydrogen) atoms. The van der Waals surface area contributed by atoms with E-state index in [0.29, 0.717) is 31.1 Å². The number of methoxy groups -OCH3 is 2. The number of benzene rings is 1. The van der Waals surface area contributed by atoms with Crippen molar-refractivity contribution in [1.82, 2.24) is 24.3 Å². The fraction of sp³-hybridized carbons (Fsp3) is 0.545. The summed E-state index contributed by atoms with van der Waals surface area (Å²) >= 11 is 0. The lowest BCUT2D eigenvalue weighted by Gasteiger charge is -2.35. The van der Waals surface area contributed by atoms with Crippen molar-refractivity contribution >= 4 is 5.91 Å². The van der Waals surface area contributed by atoms with Crippen molar-refractivity contribution in [3.8, 4) is 11.5 Å². The minimum absolute atomic E-state index is 0.157. The van der Waals surface area contributed by atoms with Crippen molar-refractivity contribution in [2.24, 2.45) is 7.05 Å². The summed E-state index contributed by atoms with van der Waals surface area (Å²) in [4.78, 5) is 23.8. The summed E-state index contributed by atoms with van der Waals surface area (Å²) < 4.78 is 12.7. The molecule has 0 spiro atoms. The van der Waals surface area contributed by atoms with Gasteiger partial charge in [0.15, 0.2) is 11.5 Å². The van der Waals surface area contributed by atoms with Crippen LogP contribution in [-0.4, -0.2) is 83.6 Å². The predicted octanol–water partition coefficient (Wildman–Crippen LogP) is 1.60. The smallest absolute Gasteiger partial charge is 0.237 e. The zero-order valence-corrected chi connectivity index (χ0v) is 18.5. The number of amides is 1. The number of piperazine rings is 1. The molecule has 0 aliphatic carbocycles. The first-order valence-electron chi connectivity index (χ1n) is 10.4. The lowest BCUT2D eigenvalue weighted by atomic mass is 10.2. The van der Waals surface area contributed by atoms with Crippen LogP contribution in [0.25, 0.3) is 0 Å². The highest BCUT2D eigenvalue weighted by Gasteiger charge is 2.22. The fourth-order valence-corrected chi connectivity index (χ4v) is 3.72. The third kappa shape index (κ3) is 5.52. The monoisotopic (exact) mass is 415 g/mol. The van der Waals surface area contributed by atoms with Crippen molar-refractivity contribution in [1.29, 1.82) is 0 Å². The molecule has 0 unspecified atom stereocenters. The molecule has 2 aromatic rings. The van der Waals surface area contributed by atoms with Gasteiger partial charge < -0.3 is 18.9 Å². The minimum Gasteiger partial charge on any atom is -0.493 e. The second kappa shape index (κ2) is 10.4. The van der Waals surface area contributed by atoms with E-state index in [1.165, 1.54) is 0 Å². The normalized spacial score (nSPS) is 15.2. The highest BCUT2D eigenvalue weighted by atomic mass is 16.5. The summed E-state index contributed by atoms with van der Waals surface area (Å²) in [6, 6.07) is 5.80. The topological polar surface area (TPSA) is 63.1 Å². The Labute approximate surface area is 179 Å². The molecule has 0 bridgehead atoms. The van der Waals surface area contributed by atoms with Crippen LogP contribution in [0.5, 0.6) is 11.5 Å². The molecule has 1 aliphatic rings. The highest BCUT2D eigenvalue weighted by molar-refractivity contribution is 5.78. The Hall–Kier alpha value is -2.58. The zero-order chi connectivity index (χ0) is 21.5. The molecule has 1 amide bonds. The average molecular weight is 416 g/mol. The Kier molecular flexibility index (Phi) is 7.70. The lowest BCUT2D eigenvalue weighted by Crippen LogP contribution is -2.49. The number of aryl methyl sites for hydroxylation is 1. The number of carbonyl (C=O) groups excluding carboxylic acids is 1. The number of carbonyl (C=O) groups is 1. The number of hydrogen-bond donors (Lipinski definition) is 0. The van der Waals surface area contributed by atoms with E-state index in [1.54, 1.807) is 14.2 Å². The number of imidazole rings is 1. The van der Waals surface area contributed by atoms with Crippen molar-refractivity contribution in [2.75, 3.05) is 53.5 Å². The van der Waals surface area contributed by atoms with Gasteiger partial charge in [-0.15, -0.1) is 0 Å². The second-order valence-electron chi connectivity index (χ2n) is 7.60. The zero-order valence-electron chi connectivity index (χ0n) is 18.5. The van der Waals surface area contributed by atoms with Crippen molar-refractivity contribution in [3.63, 3.8) is 0 Å². The number of ether oxygens (including phenoxy) is 2. The third-order valence-electron chi connectivity index (χ3n) is 5.67. The average Bonchev–Trinajstić information content (AvgIpc) is 3.17. The summed E-state index contributed by atoms with van der Waals surface area (Å²) in [6.45, 7) is 8.24. The molecule has 0 atom stereocenters. The van der Waals surface area contributed by atoms with Gasteiger partial charge in [-0.05, 0) is 24.6 Å². The maximum Gasteiger partial charge on any atom is 0.237 e.